The number of aliphatic imine (C=N–C) groups is 1. The molecule has 1 saturated heterocycles. The predicted molar refractivity (Wildman–Crippen MR) is 152 cm³/mol. The maximum Gasteiger partial charge on any atom is 0.191 e. The number of aromatic nitrogens is 2. The Labute approximate surface area is 235 Å². The van der Waals surface area contributed by atoms with E-state index in [0.29, 0.717) is 39.8 Å². The van der Waals surface area contributed by atoms with Crippen LogP contribution in [-0.2, 0) is 4.79 Å². The molecule has 3 heterocycles. The van der Waals surface area contributed by atoms with E-state index < -0.39 is 11.5 Å². The van der Waals surface area contributed by atoms with Gasteiger partial charge in [-0.05, 0) is 58.1 Å². The number of halogens is 4. The molecule has 196 valence electrons. The van der Waals surface area contributed by atoms with Crippen LogP contribution in [0, 0.1) is 5.92 Å². The fourth-order valence-electron chi connectivity index (χ4n) is 4.80. The Balaban J connectivity index is 0.00000152. The summed E-state index contributed by atoms with van der Waals surface area (Å²) in [5.41, 5.74) is 2.21. The molecule has 0 spiro atoms. The SMILES string of the molecule is CN1CCN(CCC2C(=O)c3nc(-c4ccc(Cl)cc4)[nH]c3C3=C2C(=O)C(C)(C)N=C3)CC1.Cl.Cl.Cl. The Morgan fingerprint density at radius 2 is 1.69 bits per heavy atom. The number of likely N-dealkylation sites (N-methyl/N-ethyl adjacent to an activating group) is 1. The number of dihydropyridines is 1. The number of nitrogens with zero attached hydrogens (tertiary/aromatic N) is 4. The molecule has 0 bridgehead atoms. The zero-order valence-corrected chi connectivity index (χ0v) is 23.6. The average molecular weight is 575 g/mol. The molecule has 2 aromatic rings. The van der Waals surface area contributed by atoms with Crippen molar-refractivity contribution < 1.29 is 9.59 Å². The van der Waals surface area contributed by atoms with Crippen molar-refractivity contribution in [1.29, 1.82) is 0 Å². The molecule has 1 atom stereocenters. The van der Waals surface area contributed by atoms with Gasteiger partial charge in [-0.3, -0.25) is 14.6 Å². The topological polar surface area (TPSA) is 81.7 Å². The number of nitrogens with one attached hydrogen (secondary N) is 1. The van der Waals surface area contributed by atoms with Gasteiger partial charge in [-0.15, -0.1) is 37.2 Å². The highest BCUT2D eigenvalue weighted by atomic mass is 35.5. The van der Waals surface area contributed by atoms with Crippen LogP contribution >= 0.6 is 48.8 Å². The fourth-order valence-corrected chi connectivity index (χ4v) is 4.92. The van der Waals surface area contributed by atoms with Crippen molar-refractivity contribution in [2.45, 2.75) is 25.8 Å². The number of piperazine rings is 1. The van der Waals surface area contributed by atoms with Crippen LogP contribution in [-0.4, -0.2) is 82.9 Å². The summed E-state index contributed by atoms with van der Waals surface area (Å²) in [5.74, 6) is -0.0897. The van der Waals surface area contributed by atoms with Gasteiger partial charge in [0.15, 0.2) is 11.6 Å². The first-order chi connectivity index (χ1) is 15.7. The lowest BCUT2D eigenvalue weighted by atomic mass is 9.73. The van der Waals surface area contributed by atoms with Crippen molar-refractivity contribution >= 4 is 72.2 Å². The lowest BCUT2D eigenvalue weighted by Crippen LogP contribution is -2.46. The van der Waals surface area contributed by atoms with Crippen LogP contribution in [0.25, 0.3) is 17.0 Å². The number of H-pyrrole nitrogens is 1. The smallest absolute Gasteiger partial charge is 0.191 e. The van der Waals surface area contributed by atoms with Gasteiger partial charge in [0.2, 0.25) is 0 Å². The molecule has 2 aliphatic heterocycles. The van der Waals surface area contributed by atoms with Crippen LogP contribution in [0.5, 0.6) is 0 Å². The molecule has 7 nitrogen and oxygen atoms in total. The second-order valence-corrected chi connectivity index (χ2v) is 10.1. The van der Waals surface area contributed by atoms with Gasteiger partial charge < -0.3 is 14.8 Å². The van der Waals surface area contributed by atoms with Gasteiger partial charge in [-0.1, -0.05) is 11.6 Å². The minimum Gasteiger partial charge on any atom is -0.337 e. The Morgan fingerprint density at radius 3 is 2.33 bits per heavy atom. The van der Waals surface area contributed by atoms with Gasteiger partial charge in [0.05, 0.1) is 11.6 Å². The monoisotopic (exact) mass is 573 g/mol. The summed E-state index contributed by atoms with van der Waals surface area (Å²) in [4.78, 5) is 44.3. The molecular weight excluding hydrogens is 544 g/mol. The summed E-state index contributed by atoms with van der Waals surface area (Å²) < 4.78 is 0. The zero-order valence-electron chi connectivity index (χ0n) is 20.4. The number of Topliss-reactive ketones (excluding diaryl/α,β-unsaturated/α-hetero) is 2. The lowest BCUT2D eigenvalue weighted by molar-refractivity contribution is -0.119. The van der Waals surface area contributed by atoms with Crippen LogP contribution in [0.2, 0.25) is 5.02 Å². The van der Waals surface area contributed by atoms with E-state index in [1.165, 1.54) is 0 Å². The molecule has 1 aromatic heterocycles. The van der Waals surface area contributed by atoms with Crippen LogP contribution < -0.4 is 0 Å². The first kappa shape index (κ1) is 30.5. The lowest BCUT2D eigenvalue weighted by Gasteiger charge is -2.35. The van der Waals surface area contributed by atoms with Crippen molar-refractivity contribution in [3.05, 3.63) is 46.2 Å². The van der Waals surface area contributed by atoms with Crippen LogP contribution in [0.15, 0.2) is 34.8 Å². The minimum absolute atomic E-state index is 0. The van der Waals surface area contributed by atoms with E-state index in [9.17, 15) is 9.59 Å². The van der Waals surface area contributed by atoms with Crippen molar-refractivity contribution in [3.8, 4) is 11.4 Å². The maximum absolute atomic E-state index is 13.7. The Morgan fingerprint density at radius 1 is 1.06 bits per heavy atom. The Hall–Kier alpha value is -1.74. The number of ketones is 2. The van der Waals surface area contributed by atoms with Crippen molar-refractivity contribution in [1.82, 2.24) is 19.8 Å². The Kier molecular flexibility index (Phi) is 9.96. The van der Waals surface area contributed by atoms with E-state index in [2.05, 4.69) is 31.8 Å². The molecule has 0 radical (unpaired) electrons. The van der Waals surface area contributed by atoms with Gasteiger partial charge in [0, 0.05) is 54.1 Å². The van der Waals surface area contributed by atoms with Gasteiger partial charge in [-0.25, -0.2) is 4.98 Å². The quantitative estimate of drug-likeness (QED) is 0.575. The van der Waals surface area contributed by atoms with Gasteiger partial charge in [0.1, 0.15) is 17.1 Å². The second-order valence-electron chi connectivity index (χ2n) is 9.64. The molecule has 1 fully saturated rings. The van der Waals surface area contributed by atoms with Gasteiger partial charge in [-0.2, -0.15) is 0 Å². The fraction of sp³-hybridized carbons (Fsp3) is 0.440. The summed E-state index contributed by atoms with van der Waals surface area (Å²) in [7, 11) is 2.12. The molecule has 5 rings (SSSR count). The number of benzene rings is 1. The summed E-state index contributed by atoms with van der Waals surface area (Å²) in [5, 5.41) is 0.632. The number of aromatic amines is 1. The third-order valence-corrected chi connectivity index (χ3v) is 7.18. The molecule has 1 unspecified atom stereocenters. The number of carbonyl (C=O) groups is 2. The van der Waals surface area contributed by atoms with Crippen LogP contribution in [0.4, 0.5) is 0 Å². The summed E-state index contributed by atoms with van der Waals surface area (Å²) in [6.07, 6.45) is 2.34. The summed E-state index contributed by atoms with van der Waals surface area (Å²) in [6.45, 7) is 8.35. The number of hydrogen-bond donors (Lipinski definition) is 1. The standard InChI is InChI=1S/C25H28ClN5O2.3ClH/c1-25(2)23(33)19-17(8-9-31-12-10-30(3)11-13-31)22(32)21-20(18(19)14-27-25)28-24(29-21)15-4-6-16(26)7-5-15;;;/h4-7,14,17H,8-13H2,1-3H3,(H,28,29);3*1H. The third kappa shape index (κ3) is 5.57. The molecular formula is C25H31Cl4N5O2. The molecule has 36 heavy (non-hydrogen) atoms. The zero-order chi connectivity index (χ0) is 23.3. The highest BCUT2D eigenvalue weighted by Gasteiger charge is 2.45. The Bertz CT molecular complexity index is 1180. The number of allylic oxidation sites excluding steroid dienone is 1. The predicted octanol–water partition coefficient (Wildman–Crippen LogP) is 4.63. The van der Waals surface area contributed by atoms with Crippen LogP contribution in [0.1, 0.15) is 36.5 Å². The van der Waals surface area contributed by atoms with E-state index in [4.69, 9.17) is 11.6 Å². The first-order valence-electron chi connectivity index (χ1n) is 11.4. The van der Waals surface area contributed by atoms with E-state index in [1.54, 1.807) is 32.2 Å². The van der Waals surface area contributed by atoms with Crippen molar-refractivity contribution in [2.24, 2.45) is 10.9 Å². The molecule has 1 aliphatic carbocycles. The normalized spacial score (nSPS) is 21.2. The first-order valence-corrected chi connectivity index (χ1v) is 11.8. The van der Waals surface area contributed by atoms with E-state index in [-0.39, 0.29) is 48.8 Å². The molecule has 0 saturated carbocycles. The number of imidazole rings is 1. The molecule has 1 N–H and O–H groups in total. The molecule has 0 amide bonds. The molecule has 11 heteroatoms. The van der Waals surface area contributed by atoms with Crippen molar-refractivity contribution in [3.63, 3.8) is 0 Å². The summed E-state index contributed by atoms with van der Waals surface area (Å²) in [6, 6.07) is 7.30. The largest absolute Gasteiger partial charge is 0.337 e. The average Bonchev–Trinajstić information content (AvgIpc) is 3.24. The van der Waals surface area contributed by atoms with E-state index >= 15 is 0 Å². The second kappa shape index (κ2) is 11.8. The third-order valence-electron chi connectivity index (χ3n) is 6.93. The highest BCUT2D eigenvalue weighted by Crippen LogP contribution is 2.41. The number of fused-ring (bicyclic) bond motifs is 2. The maximum atomic E-state index is 13.7. The number of hydrogen-bond acceptors (Lipinski definition) is 6. The van der Waals surface area contributed by atoms with Crippen molar-refractivity contribution in [2.75, 3.05) is 39.8 Å². The molecule has 3 aliphatic rings. The summed E-state index contributed by atoms with van der Waals surface area (Å²) >= 11 is 6.03. The van der Waals surface area contributed by atoms with E-state index in [0.717, 1.165) is 38.3 Å². The highest BCUT2D eigenvalue weighted by molar-refractivity contribution is 6.31. The number of carbonyl (C=O) groups excluding carboxylic acids is 2. The van der Waals surface area contributed by atoms with Crippen LogP contribution in [0.3, 0.4) is 0 Å². The van der Waals surface area contributed by atoms with E-state index in [1.807, 2.05) is 12.1 Å². The minimum atomic E-state index is -0.873. The van der Waals surface area contributed by atoms with Gasteiger partial charge in [0.25, 0.3) is 0 Å². The van der Waals surface area contributed by atoms with Gasteiger partial charge >= 0.3 is 0 Å². The molecule has 1 aromatic carbocycles. The number of rotatable bonds is 4.